The first kappa shape index (κ1) is 13.4. The molecule has 8 heteroatoms. The maximum absolute atomic E-state index is 12.1. The summed E-state index contributed by atoms with van der Waals surface area (Å²) in [6.07, 6.45) is -4.86. The van der Waals surface area contributed by atoms with Gasteiger partial charge in [-0.25, -0.2) is 0 Å². The molecule has 1 heterocycles. The van der Waals surface area contributed by atoms with Gasteiger partial charge in [-0.1, -0.05) is 0 Å². The van der Waals surface area contributed by atoms with Crippen molar-refractivity contribution in [1.29, 1.82) is 0 Å². The van der Waals surface area contributed by atoms with E-state index in [1.165, 1.54) is 20.3 Å². The summed E-state index contributed by atoms with van der Waals surface area (Å²) < 4.78 is 49.7. The second kappa shape index (κ2) is 5.09. The Labute approximate surface area is 95.3 Å². The topological polar surface area (TPSA) is 66.6 Å². The summed E-state index contributed by atoms with van der Waals surface area (Å²) in [6, 6.07) is 1.38. The van der Waals surface area contributed by atoms with E-state index in [0.29, 0.717) is 5.56 Å². The van der Waals surface area contributed by atoms with Gasteiger partial charge in [-0.3, -0.25) is 0 Å². The number of hydrogen-bond donors (Lipinski definition) is 1. The lowest BCUT2D eigenvalue weighted by atomic mass is 10.2. The lowest BCUT2D eigenvalue weighted by Crippen LogP contribution is -2.19. The Morgan fingerprint density at radius 2 is 1.94 bits per heavy atom. The molecule has 0 aliphatic heterocycles. The van der Waals surface area contributed by atoms with Gasteiger partial charge in [0.25, 0.3) is 5.88 Å². The van der Waals surface area contributed by atoms with E-state index in [2.05, 4.69) is 9.72 Å². The van der Waals surface area contributed by atoms with Gasteiger partial charge in [-0.15, -0.1) is 13.2 Å². The minimum absolute atomic E-state index is 0.0315. The van der Waals surface area contributed by atoms with Gasteiger partial charge in [0.2, 0.25) is 5.88 Å². The van der Waals surface area contributed by atoms with Crippen LogP contribution in [0.4, 0.5) is 13.2 Å². The van der Waals surface area contributed by atoms with Crippen molar-refractivity contribution in [2.45, 2.75) is 12.9 Å². The molecule has 0 saturated heterocycles. The molecule has 0 bridgehead atoms. The number of nitrogens with two attached hydrogens (primary N) is 1. The summed E-state index contributed by atoms with van der Waals surface area (Å²) in [5.74, 6) is -0.920. The summed E-state index contributed by atoms with van der Waals surface area (Å²) in [5, 5.41) is 0. The molecule has 96 valence electrons. The van der Waals surface area contributed by atoms with Crippen molar-refractivity contribution < 1.29 is 27.4 Å². The first-order chi connectivity index (χ1) is 7.91. The SMILES string of the molecule is COc1cc(CN)c(OC)c(OC(F)(F)F)n1. The highest BCUT2D eigenvalue weighted by molar-refractivity contribution is 5.45. The van der Waals surface area contributed by atoms with Crippen molar-refractivity contribution in [3.8, 4) is 17.5 Å². The molecule has 1 rings (SSSR count). The molecule has 1 aromatic heterocycles. The average molecular weight is 252 g/mol. The zero-order valence-corrected chi connectivity index (χ0v) is 9.17. The van der Waals surface area contributed by atoms with E-state index in [0.717, 1.165) is 0 Å². The molecule has 0 aliphatic rings. The van der Waals surface area contributed by atoms with E-state index >= 15 is 0 Å². The quantitative estimate of drug-likeness (QED) is 0.878. The molecule has 0 spiro atoms. The number of ether oxygens (including phenoxy) is 3. The predicted molar refractivity (Wildman–Crippen MR) is 51.9 cm³/mol. The van der Waals surface area contributed by atoms with Crippen LogP contribution in [-0.4, -0.2) is 25.6 Å². The zero-order valence-electron chi connectivity index (χ0n) is 9.17. The molecule has 0 amide bonds. The van der Waals surface area contributed by atoms with Crippen LogP contribution in [0.15, 0.2) is 6.07 Å². The third-order valence-electron chi connectivity index (χ3n) is 1.84. The van der Waals surface area contributed by atoms with Crippen LogP contribution in [0.1, 0.15) is 5.56 Å². The highest BCUT2D eigenvalue weighted by Crippen LogP contribution is 2.35. The first-order valence-electron chi connectivity index (χ1n) is 4.49. The molecule has 0 unspecified atom stereocenters. The minimum Gasteiger partial charge on any atom is -0.491 e. The monoisotopic (exact) mass is 252 g/mol. The molecule has 2 N–H and O–H groups in total. The van der Waals surface area contributed by atoms with Crippen LogP contribution < -0.4 is 19.9 Å². The lowest BCUT2D eigenvalue weighted by molar-refractivity contribution is -0.276. The van der Waals surface area contributed by atoms with Gasteiger partial charge in [-0.05, 0) is 0 Å². The lowest BCUT2D eigenvalue weighted by Gasteiger charge is -2.15. The van der Waals surface area contributed by atoms with Crippen molar-refractivity contribution in [3.05, 3.63) is 11.6 Å². The van der Waals surface area contributed by atoms with Crippen molar-refractivity contribution in [1.82, 2.24) is 4.98 Å². The fourth-order valence-electron chi connectivity index (χ4n) is 1.19. The molecule has 0 aromatic carbocycles. The van der Waals surface area contributed by atoms with Crippen molar-refractivity contribution in [2.24, 2.45) is 5.73 Å². The van der Waals surface area contributed by atoms with E-state index in [1.807, 2.05) is 0 Å². The van der Waals surface area contributed by atoms with Crippen LogP contribution in [0.2, 0.25) is 0 Å². The summed E-state index contributed by atoms with van der Waals surface area (Å²) in [7, 11) is 2.47. The number of hydrogen-bond acceptors (Lipinski definition) is 5. The number of nitrogens with zero attached hydrogens (tertiary/aromatic N) is 1. The Morgan fingerprint density at radius 1 is 1.29 bits per heavy atom. The predicted octanol–water partition coefficient (Wildman–Crippen LogP) is 1.46. The molecule has 5 nitrogen and oxygen atoms in total. The van der Waals surface area contributed by atoms with Crippen LogP contribution in [0.25, 0.3) is 0 Å². The van der Waals surface area contributed by atoms with E-state index in [4.69, 9.17) is 15.2 Å². The third kappa shape index (κ3) is 3.38. The van der Waals surface area contributed by atoms with Gasteiger partial charge in [0.1, 0.15) is 0 Å². The number of aromatic nitrogens is 1. The molecule has 17 heavy (non-hydrogen) atoms. The largest absolute Gasteiger partial charge is 0.574 e. The van der Waals surface area contributed by atoms with Gasteiger partial charge in [0.05, 0.1) is 14.2 Å². The Kier molecular flexibility index (Phi) is 4.00. The summed E-state index contributed by atoms with van der Waals surface area (Å²) >= 11 is 0. The summed E-state index contributed by atoms with van der Waals surface area (Å²) in [5.41, 5.74) is 5.69. The van der Waals surface area contributed by atoms with Gasteiger partial charge in [0, 0.05) is 18.2 Å². The van der Waals surface area contributed by atoms with Crippen LogP contribution in [-0.2, 0) is 6.54 Å². The van der Waals surface area contributed by atoms with Crippen LogP contribution in [0.5, 0.6) is 17.5 Å². The molecule has 0 fully saturated rings. The number of methoxy groups -OCH3 is 2. The maximum Gasteiger partial charge on any atom is 0.574 e. The maximum atomic E-state index is 12.1. The Bertz CT molecular complexity index is 396. The van der Waals surface area contributed by atoms with E-state index < -0.39 is 12.2 Å². The van der Waals surface area contributed by atoms with E-state index in [1.54, 1.807) is 0 Å². The number of rotatable bonds is 4. The fraction of sp³-hybridized carbons (Fsp3) is 0.444. The Morgan fingerprint density at radius 3 is 2.35 bits per heavy atom. The third-order valence-corrected chi connectivity index (χ3v) is 1.84. The Balaban J connectivity index is 3.24. The molecule has 0 atom stereocenters. The van der Waals surface area contributed by atoms with Gasteiger partial charge >= 0.3 is 6.36 Å². The van der Waals surface area contributed by atoms with E-state index in [-0.39, 0.29) is 18.2 Å². The van der Waals surface area contributed by atoms with Crippen LogP contribution in [0.3, 0.4) is 0 Å². The normalized spacial score (nSPS) is 11.2. The smallest absolute Gasteiger partial charge is 0.491 e. The fourth-order valence-corrected chi connectivity index (χ4v) is 1.19. The van der Waals surface area contributed by atoms with Crippen LogP contribution in [0, 0.1) is 0 Å². The molecule has 0 aliphatic carbocycles. The molecular weight excluding hydrogens is 241 g/mol. The highest BCUT2D eigenvalue weighted by Gasteiger charge is 2.34. The first-order valence-corrected chi connectivity index (χ1v) is 4.49. The van der Waals surface area contributed by atoms with Crippen molar-refractivity contribution >= 4 is 0 Å². The number of halogens is 3. The molecular formula is C9H11F3N2O3. The van der Waals surface area contributed by atoms with Crippen LogP contribution >= 0.6 is 0 Å². The van der Waals surface area contributed by atoms with Gasteiger partial charge in [-0.2, -0.15) is 4.98 Å². The molecule has 0 radical (unpaired) electrons. The molecule has 1 aromatic rings. The molecule has 0 saturated carbocycles. The highest BCUT2D eigenvalue weighted by atomic mass is 19.4. The summed E-state index contributed by atoms with van der Waals surface area (Å²) in [4.78, 5) is 3.51. The summed E-state index contributed by atoms with van der Waals surface area (Å²) in [6.45, 7) is -0.0315. The minimum atomic E-state index is -4.86. The number of alkyl halides is 3. The van der Waals surface area contributed by atoms with Gasteiger partial charge in [0.15, 0.2) is 5.75 Å². The second-order valence-electron chi connectivity index (χ2n) is 2.91. The zero-order chi connectivity index (χ0) is 13.1. The van der Waals surface area contributed by atoms with Crippen molar-refractivity contribution in [2.75, 3.05) is 14.2 Å². The van der Waals surface area contributed by atoms with E-state index in [9.17, 15) is 13.2 Å². The number of pyridine rings is 1. The second-order valence-corrected chi connectivity index (χ2v) is 2.91. The van der Waals surface area contributed by atoms with Crippen molar-refractivity contribution in [3.63, 3.8) is 0 Å². The van der Waals surface area contributed by atoms with Gasteiger partial charge < -0.3 is 19.9 Å². The average Bonchev–Trinajstić information content (AvgIpc) is 2.25. The Hall–Kier alpha value is -1.70. The standard InChI is InChI=1S/C9H11F3N2O3/c1-15-6-3-5(4-13)7(16-2)8(14-6)17-9(10,11)12/h3H,4,13H2,1-2H3.